The number of rotatable bonds is 1. The molecule has 0 spiro atoms. The monoisotopic (exact) mass is 346 g/mol. The van der Waals surface area contributed by atoms with Gasteiger partial charge >= 0.3 is 5.69 Å². The predicted octanol–water partition coefficient (Wildman–Crippen LogP) is 1.38. The molecule has 3 aromatic rings. The molecule has 2 aromatic heterocycles. The molecular formula is C20H18N4O2. The summed E-state index contributed by atoms with van der Waals surface area (Å²) in [4.78, 5) is 31.9. The van der Waals surface area contributed by atoms with Gasteiger partial charge < -0.3 is 4.98 Å². The summed E-state index contributed by atoms with van der Waals surface area (Å²) in [6, 6.07) is 4.11. The fraction of sp³-hybridized carbons (Fsp3) is 0.250. The standard InChI is InChI=1S/C20H18N4O2/c1-6-9-24-19(25)17-18(23(5)20(24)26)22-16(21-17)8-7-15-11-13(3)12(2)10-14(15)4/h1,10-11H,9H2,2-5H3,(H,21,22). The van der Waals surface area contributed by atoms with Gasteiger partial charge in [-0.3, -0.25) is 9.36 Å². The van der Waals surface area contributed by atoms with E-state index in [2.05, 4.69) is 40.7 Å². The summed E-state index contributed by atoms with van der Waals surface area (Å²) < 4.78 is 2.28. The first-order chi connectivity index (χ1) is 12.3. The molecule has 0 fully saturated rings. The minimum Gasteiger partial charge on any atom is -0.325 e. The Morgan fingerprint density at radius 2 is 1.81 bits per heavy atom. The highest BCUT2D eigenvalue weighted by Gasteiger charge is 2.14. The Labute approximate surface area is 150 Å². The Hall–Kier alpha value is -3.51. The Morgan fingerprint density at radius 3 is 2.50 bits per heavy atom. The SMILES string of the molecule is C#CCn1c(=O)c2[nH]c(C#Cc3cc(C)c(C)cc3C)nc2n(C)c1=O. The van der Waals surface area contributed by atoms with Crippen molar-refractivity contribution in [3.05, 3.63) is 61.0 Å². The van der Waals surface area contributed by atoms with Gasteiger partial charge in [0.05, 0.1) is 6.54 Å². The van der Waals surface area contributed by atoms with Gasteiger partial charge in [0.1, 0.15) is 0 Å². The molecule has 0 aliphatic carbocycles. The number of H-pyrrole nitrogens is 1. The highest BCUT2D eigenvalue weighted by molar-refractivity contribution is 5.70. The number of aryl methyl sites for hydroxylation is 4. The first-order valence-electron chi connectivity index (χ1n) is 8.06. The van der Waals surface area contributed by atoms with Gasteiger partial charge in [0, 0.05) is 12.6 Å². The molecule has 0 unspecified atom stereocenters. The molecule has 1 N–H and O–H groups in total. The fourth-order valence-electron chi connectivity index (χ4n) is 2.76. The second-order valence-electron chi connectivity index (χ2n) is 6.22. The predicted molar refractivity (Wildman–Crippen MR) is 101 cm³/mol. The van der Waals surface area contributed by atoms with Crippen LogP contribution in [0.15, 0.2) is 21.7 Å². The van der Waals surface area contributed by atoms with Crippen molar-refractivity contribution in [1.82, 2.24) is 19.1 Å². The first kappa shape index (κ1) is 17.3. The second kappa shape index (κ2) is 6.42. The van der Waals surface area contributed by atoms with Gasteiger partial charge in [0.25, 0.3) is 5.56 Å². The number of imidazole rings is 1. The number of benzene rings is 1. The number of nitrogens with one attached hydrogen (secondary N) is 1. The Morgan fingerprint density at radius 1 is 1.12 bits per heavy atom. The zero-order chi connectivity index (χ0) is 19.0. The van der Waals surface area contributed by atoms with Crippen LogP contribution in [0, 0.1) is 45.0 Å². The van der Waals surface area contributed by atoms with E-state index in [0.29, 0.717) is 5.82 Å². The third-order valence-corrected chi connectivity index (χ3v) is 4.38. The number of fused-ring (bicyclic) bond motifs is 1. The van der Waals surface area contributed by atoms with Crippen molar-refractivity contribution < 1.29 is 0 Å². The van der Waals surface area contributed by atoms with Crippen LogP contribution in [0.5, 0.6) is 0 Å². The lowest BCUT2D eigenvalue weighted by molar-refractivity contribution is 0.676. The number of terminal acetylenes is 1. The molecule has 0 aliphatic heterocycles. The molecule has 0 saturated heterocycles. The Bertz CT molecular complexity index is 1250. The molecule has 0 radical (unpaired) electrons. The maximum Gasteiger partial charge on any atom is 0.333 e. The molecule has 0 aliphatic rings. The van der Waals surface area contributed by atoms with E-state index < -0.39 is 11.2 Å². The van der Waals surface area contributed by atoms with Crippen molar-refractivity contribution in [2.24, 2.45) is 7.05 Å². The zero-order valence-electron chi connectivity index (χ0n) is 15.1. The van der Waals surface area contributed by atoms with Gasteiger partial charge in [-0.1, -0.05) is 17.9 Å². The van der Waals surface area contributed by atoms with Crippen LogP contribution in [-0.2, 0) is 13.6 Å². The summed E-state index contributed by atoms with van der Waals surface area (Å²) in [5.41, 5.74) is 3.80. The first-order valence-corrected chi connectivity index (χ1v) is 8.06. The summed E-state index contributed by atoms with van der Waals surface area (Å²) >= 11 is 0. The van der Waals surface area contributed by atoms with Gasteiger partial charge in [-0.2, -0.15) is 0 Å². The number of nitrogens with zero attached hydrogens (tertiary/aromatic N) is 3. The van der Waals surface area contributed by atoms with E-state index in [4.69, 9.17) is 6.42 Å². The molecule has 6 nitrogen and oxygen atoms in total. The summed E-state index contributed by atoms with van der Waals surface area (Å²) in [6.07, 6.45) is 5.24. The van der Waals surface area contributed by atoms with Gasteiger partial charge in [0.2, 0.25) is 0 Å². The largest absolute Gasteiger partial charge is 0.333 e. The quantitative estimate of drug-likeness (QED) is 0.677. The van der Waals surface area contributed by atoms with E-state index in [9.17, 15) is 9.59 Å². The van der Waals surface area contributed by atoms with E-state index in [1.807, 2.05) is 19.9 Å². The van der Waals surface area contributed by atoms with Crippen LogP contribution >= 0.6 is 0 Å². The number of hydrogen-bond acceptors (Lipinski definition) is 3. The second-order valence-corrected chi connectivity index (χ2v) is 6.22. The smallest absolute Gasteiger partial charge is 0.325 e. The third-order valence-electron chi connectivity index (χ3n) is 4.38. The highest BCUT2D eigenvalue weighted by atomic mass is 16.2. The van der Waals surface area contributed by atoms with Crippen molar-refractivity contribution >= 4 is 11.2 Å². The lowest BCUT2D eigenvalue weighted by Crippen LogP contribution is -2.38. The van der Waals surface area contributed by atoms with E-state index in [0.717, 1.165) is 21.3 Å². The summed E-state index contributed by atoms with van der Waals surface area (Å²) in [5, 5.41) is 0. The highest BCUT2D eigenvalue weighted by Crippen LogP contribution is 2.14. The van der Waals surface area contributed by atoms with Gasteiger partial charge in [-0.05, 0) is 49.4 Å². The topological polar surface area (TPSA) is 72.7 Å². The van der Waals surface area contributed by atoms with Crippen LogP contribution in [0.1, 0.15) is 28.1 Å². The summed E-state index contributed by atoms with van der Waals surface area (Å²) in [7, 11) is 1.54. The zero-order valence-corrected chi connectivity index (χ0v) is 15.1. The summed E-state index contributed by atoms with van der Waals surface area (Å²) in [6.45, 7) is 5.99. The normalized spacial score (nSPS) is 10.4. The molecule has 130 valence electrons. The van der Waals surface area contributed by atoms with Crippen molar-refractivity contribution in [2.45, 2.75) is 27.3 Å². The fourth-order valence-corrected chi connectivity index (χ4v) is 2.76. The molecule has 1 aromatic carbocycles. The lowest BCUT2D eigenvalue weighted by Gasteiger charge is -2.03. The van der Waals surface area contributed by atoms with Crippen LogP contribution in [0.25, 0.3) is 11.2 Å². The number of aromatic nitrogens is 4. The van der Waals surface area contributed by atoms with Crippen LogP contribution < -0.4 is 11.2 Å². The lowest BCUT2D eigenvalue weighted by atomic mass is 10.0. The van der Waals surface area contributed by atoms with E-state index in [1.165, 1.54) is 10.1 Å². The molecule has 0 saturated carbocycles. The molecule has 0 bridgehead atoms. The molecule has 0 amide bonds. The van der Waals surface area contributed by atoms with Gasteiger partial charge in [0.15, 0.2) is 17.0 Å². The van der Waals surface area contributed by atoms with Crippen LogP contribution in [0.4, 0.5) is 0 Å². The molecule has 6 heteroatoms. The molecular weight excluding hydrogens is 328 g/mol. The Kier molecular flexibility index (Phi) is 4.28. The van der Waals surface area contributed by atoms with Gasteiger partial charge in [-0.15, -0.1) is 6.42 Å². The van der Waals surface area contributed by atoms with Crippen molar-refractivity contribution in [3.8, 4) is 24.2 Å². The maximum atomic E-state index is 12.4. The van der Waals surface area contributed by atoms with E-state index in [-0.39, 0.29) is 17.7 Å². The minimum atomic E-state index is -0.503. The number of hydrogen-bond donors (Lipinski definition) is 1. The van der Waals surface area contributed by atoms with Crippen molar-refractivity contribution in [3.63, 3.8) is 0 Å². The summed E-state index contributed by atoms with van der Waals surface area (Å²) in [5.74, 6) is 8.66. The molecule has 0 atom stereocenters. The van der Waals surface area contributed by atoms with Crippen molar-refractivity contribution in [1.29, 1.82) is 0 Å². The average Bonchev–Trinajstić information content (AvgIpc) is 3.03. The molecule has 3 rings (SSSR count). The maximum absolute atomic E-state index is 12.4. The average molecular weight is 346 g/mol. The molecule has 26 heavy (non-hydrogen) atoms. The van der Waals surface area contributed by atoms with Crippen LogP contribution in [0.3, 0.4) is 0 Å². The Balaban J connectivity index is 2.16. The number of aromatic amines is 1. The van der Waals surface area contributed by atoms with Gasteiger partial charge in [-0.25, -0.2) is 14.3 Å². The van der Waals surface area contributed by atoms with E-state index in [1.54, 1.807) is 7.05 Å². The minimum absolute atomic E-state index is 0.0939. The van der Waals surface area contributed by atoms with Crippen LogP contribution in [0.2, 0.25) is 0 Å². The third kappa shape index (κ3) is 2.82. The van der Waals surface area contributed by atoms with Crippen molar-refractivity contribution in [2.75, 3.05) is 0 Å². The van der Waals surface area contributed by atoms with Crippen LogP contribution in [-0.4, -0.2) is 19.1 Å². The molecule has 2 heterocycles. The van der Waals surface area contributed by atoms with E-state index >= 15 is 0 Å².